The maximum Gasteiger partial charge on any atom is 0.251 e. The Hall–Kier alpha value is -3.01. The first-order valence-corrected chi connectivity index (χ1v) is 7.91. The van der Waals surface area contributed by atoms with E-state index in [-0.39, 0.29) is 5.91 Å². The van der Waals surface area contributed by atoms with E-state index in [4.69, 9.17) is 4.74 Å². The number of nitrogens with zero attached hydrogens (tertiary/aromatic N) is 1. The molecule has 0 radical (unpaired) electrons. The number of methoxy groups -OCH3 is 1. The molecule has 1 heterocycles. The summed E-state index contributed by atoms with van der Waals surface area (Å²) in [6, 6.07) is 19.4. The van der Waals surface area contributed by atoms with Gasteiger partial charge in [0, 0.05) is 30.2 Å². The molecule has 0 unspecified atom stereocenters. The highest BCUT2D eigenvalue weighted by Gasteiger charge is 2.06. The predicted molar refractivity (Wildman–Crippen MR) is 94.8 cm³/mol. The minimum Gasteiger partial charge on any atom is -0.497 e. The van der Waals surface area contributed by atoms with Crippen molar-refractivity contribution in [3.63, 3.8) is 0 Å². The van der Waals surface area contributed by atoms with Gasteiger partial charge in [-0.05, 0) is 54.4 Å². The third-order valence-corrected chi connectivity index (χ3v) is 3.84. The van der Waals surface area contributed by atoms with E-state index in [9.17, 15) is 4.79 Å². The molecule has 0 saturated heterocycles. The quantitative estimate of drug-likeness (QED) is 0.756. The smallest absolute Gasteiger partial charge is 0.251 e. The number of benzene rings is 2. The van der Waals surface area contributed by atoms with Crippen LogP contribution < -0.4 is 10.1 Å². The van der Waals surface area contributed by atoms with Gasteiger partial charge in [-0.15, -0.1) is 0 Å². The summed E-state index contributed by atoms with van der Waals surface area (Å²) in [6.45, 7) is 0.583. The Morgan fingerprint density at radius 3 is 2.62 bits per heavy atom. The second kappa shape index (κ2) is 7.51. The van der Waals surface area contributed by atoms with E-state index in [1.807, 2.05) is 77.6 Å². The number of hydrogen-bond acceptors (Lipinski definition) is 2. The summed E-state index contributed by atoms with van der Waals surface area (Å²) < 4.78 is 7.19. The van der Waals surface area contributed by atoms with Gasteiger partial charge in [0.25, 0.3) is 5.91 Å². The lowest BCUT2D eigenvalue weighted by Gasteiger charge is -2.08. The van der Waals surface area contributed by atoms with Crippen LogP contribution in [0, 0.1) is 0 Å². The number of carbonyl (C=O) groups is 1. The Bertz CT molecular complexity index is 810. The molecular weight excluding hydrogens is 300 g/mol. The number of carbonyl (C=O) groups excluding carboxylic acids is 1. The van der Waals surface area contributed by atoms with E-state index in [1.54, 1.807) is 7.11 Å². The molecule has 0 bridgehead atoms. The van der Waals surface area contributed by atoms with Gasteiger partial charge in [0.1, 0.15) is 5.75 Å². The molecule has 0 aliphatic heterocycles. The van der Waals surface area contributed by atoms with Gasteiger partial charge >= 0.3 is 0 Å². The lowest BCUT2D eigenvalue weighted by molar-refractivity contribution is 0.0954. The Balaban J connectivity index is 1.60. The van der Waals surface area contributed by atoms with Crippen molar-refractivity contribution in [2.24, 2.45) is 0 Å². The highest BCUT2D eigenvalue weighted by atomic mass is 16.5. The van der Waals surface area contributed by atoms with Crippen molar-refractivity contribution in [1.29, 1.82) is 0 Å². The summed E-state index contributed by atoms with van der Waals surface area (Å²) in [5.41, 5.74) is 2.77. The SMILES string of the molecule is COc1cccc(CCNC(=O)c2cccc(-n3cccc3)c2)c1. The minimum absolute atomic E-state index is 0.0631. The molecule has 0 aliphatic carbocycles. The van der Waals surface area contributed by atoms with Crippen molar-refractivity contribution in [1.82, 2.24) is 9.88 Å². The number of amides is 1. The summed E-state index contributed by atoms with van der Waals surface area (Å²) in [4.78, 5) is 12.3. The standard InChI is InChI=1S/C20H20N2O2/c1-24-19-9-4-6-16(14-19)10-11-21-20(23)17-7-5-8-18(15-17)22-12-2-3-13-22/h2-9,12-15H,10-11H2,1H3,(H,21,23). The summed E-state index contributed by atoms with van der Waals surface area (Å²) in [5, 5.41) is 2.97. The second-order valence-electron chi connectivity index (χ2n) is 5.50. The van der Waals surface area contributed by atoms with Gasteiger partial charge in [-0.2, -0.15) is 0 Å². The molecular formula is C20H20N2O2. The molecule has 0 spiro atoms. The fourth-order valence-electron chi connectivity index (χ4n) is 2.56. The van der Waals surface area contributed by atoms with E-state index in [2.05, 4.69) is 5.32 Å². The van der Waals surface area contributed by atoms with Crippen LogP contribution in [0.2, 0.25) is 0 Å². The Morgan fingerprint density at radius 1 is 1.04 bits per heavy atom. The van der Waals surface area contributed by atoms with E-state index in [0.29, 0.717) is 12.1 Å². The van der Waals surface area contributed by atoms with Crippen molar-refractivity contribution < 1.29 is 9.53 Å². The van der Waals surface area contributed by atoms with Crippen molar-refractivity contribution in [3.8, 4) is 11.4 Å². The van der Waals surface area contributed by atoms with Gasteiger partial charge in [-0.3, -0.25) is 4.79 Å². The van der Waals surface area contributed by atoms with Gasteiger partial charge in [0.05, 0.1) is 7.11 Å². The summed E-state index contributed by atoms with van der Waals surface area (Å²) >= 11 is 0. The normalized spacial score (nSPS) is 10.4. The summed E-state index contributed by atoms with van der Waals surface area (Å²) in [7, 11) is 1.65. The summed E-state index contributed by atoms with van der Waals surface area (Å²) in [5.74, 6) is 0.769. The molecule has 1 N–H and O–H groups in total. The minimum atomic E-state index is -0.0631. The fraction of sp³-hybridized carbons (Fsp3) is 0.150. The number of hydrogen-bond donors (Lipinski definition) is 1. The summed E-state index contributed by atoms with van der Waals surface area (Å²) in [6.07, 6.45) is 4.68. The first-order valence-electron chi connectivity index (χ1n) is 7.91. The molecule has 3 rings (SSSR count). The monoisotopic (exact) mass is 320 g/mol. The molecule has 1 aromatic heterocycles. The van der Waals surface area contributed by atoms with Crippen LogP contribution >= 0.6 is 0 Å². The van der Waals surface area contributed by atoms with Crippen molar-refractivity contribution in [3.05, 3.63) is 84.2 Å². The largest absolute Gasteiger partial charge is 0.497 e. The zero-order chi connectivity index (χ0) is 16.8. The van der Waals surface area contributed by atoms with Crippen LogP contribution in [0.15, 0.2) is 73.1 Å². The molecule has 0 atom stereocenters. The lowest BCUT2D eigenvalue weighted by Crippen LogP contribution is -2.25. The molecule has 4 nitrogen and oxygen atoms in total. The Kier molecular flexibility index (Phi) is 4.96. The maximum atomic E-state index is 12.3. The van der Waals surface area contributed by atoms with Crippen LogP contribution in [0.4, 0.5) is 0 Å². The van der Waals surface area contributed by atoms with E-state index >= 15 is 0 Å². The van der Waals surface area contributed by atoms with Crippen LogP contribution in [0.1, 0.15) is 15.9 Å². The van der Waals surface area contributed by atoms with Gasteiger partial charge in [-0.1, -0.05) is 18.2 Å². The molecule has 0 fully saturated rings. The zero-order valence-electron chi connectivity index (χ0n) is 13.6. The van der Waals surface area contributed by atoms with Crippen LogP contribution in [0.5, 0.6) is 5.75 Å². The van der Waals surface area contributed by atoms with Crippen LogP contribution in [0.3, 0.4) is 0 Å². The van der Waals surface area contributed by atoms with Gasteiger partial charge in [0.2, 0.25) is 0 Å². The second-order valence-corrected chi connectivity index (χ2v) is 5.50. The highest BCUT2D eigenvalue weighted by molar-refractivity contribution is 5.94. The Morgan fingerprint density at radius 2 is 1.83 bits per heavy atom. The van der Waals surface area contributed by atoms with Crippen LogP contribution in [0.25, 0.3) is 5.69 Å². The molecule has 3 aromatic rings. The van der Waals surface area contributed by atoms with Crippen LogP contribution in [-0.2, 0) is 6.42 Å². The molecule has 122 valence electrons. The lowest BCUT2D eigenvalue weighted by atomic mass is 10.1. The van der Waals surface area contributed by atoms with E-state index < -0.39 is 0 Å². The zero-order valence-corrected chi connectivity index (χ0v) is 13.6. The number of aromatic nitrogens is 1. The Labute approximate surface area is 141 Å². The average molecular weight is 320 g/mol. The number of rotatable bonds is 6. The van der Waals surface area contributed by atoms with Crippen molar-refractivity contribution in [2.45, 2.75) is 6.42 Å². The van der Waals surface area contributed by atoms with Gasteiger partial charge in [-0.25, -0.2) is 0 Å². The molecule has 0 saturated carbocycles. The molecule has 2 aromatic carbocycles. The van der Waals surface area contributed by atoms with Gasteiger partial charge < -0.3 is 14.6 Å². The highest BCUT2D eigenvalue weighted by Crippen LogP contribution is 2.13. The van der Waals surface area contributed by atoms with Crippen LogP contribution in [-0.4, -0.2) is 24.1 Å². The topological polar surface area (TPSA) is 43.3 Å². The van der Waals surface area contributed by atoms with Gasteiger partial charge in [0.15, 0.2) is 0 Å². The van der Waals surface area contributed by atoms with Crippen molar-refractivity contribution >= 4 is 5.91 Å². The number of nitrogens with one attached hydrogen (secondary N) is 1. The van der Waals surface area contributed by atoms with Crippen molar-refractivity contribution in [2.75, 3.05) is 13.7 Å². The first-order chi connectivity index (χ1) is 11.8. The fourth-order valence-corrected chi connectivity index (χ4v) is 2.56. The number of ether oxygens (including phenoxy) is 1. The predicted octanol–water partition coefficient (Wildman–Crippen LogP) is 3.46. The van der Waals surface area contributed by atoms with E-state index in [0.717, 1.165) is 23.4 Å². The molecule has 0 aliphatic rings. The molecule has 4 heteroatoms. The average Bonchev–Trinajstić information content (AvgIpc) is 3.17. The first kappa shape index (κ1) is 15.9. The third kappa shape index (κ3) is 3.84. The van der Waals surface area contributed by atoms with E-state index in [1.165, 1.54) is 0 Å². The third-order valence-electron chi connectivity index (χ3n) is 3.84. The molecule has 24 heavy (non-hydrogen) atoms. The molecule has 1 amide bonds. The maximum absolute atomic E-state index is 12.3.